The van der Waals surface area contributed by atoms with E-state index in [4.69, 9.17) is 11.6 Å². The van der Waals surface area contributed by atoms with Gasteiger partial charge in [-0.05, 0) is 79.0 Å². The van der Waals surface area contributed by atoms with Crippen molar-refractivity contribution in [2.24, 2.45) is 5.92 Å². The van der Waals surface area contributed by atoms with Crippen LogP contribution in [0, 0.1) is 5.92 Å². The van der Waals surface area contributed by atoms with Crippen LogP contribution in [0.3, 0.4) is 0 Å². The highest BCUT2D eigenvalue weighted by atomic mass is 35.5. The maximum Gasteiger partial charge on any atom is 0.131 e. The molecule has 1 aliphatic rings. The first-order valence-corrected chi connectivity index (χ1v) is 11.5. The second-order valence-corrected chi connectivity index (χ2v) is 8.70. The third-order valence-electron chi connectivity index (χ3n) is 6.37. The quantitative estimate of drug-likeness (QED) is 0.322. The summed E-state index contributed by atoms with van der Waals surface area (Å²) in [7, 11) is 0. The molecule has 0 heterocycles. The lowest BCUT2D eigenvalue weighted by atomic mass is 9.77. The number of hydrogen-bond acceptors (Lipinski definition) is 1. The Morgan fingerprint density at radius 1 is 0.964 bits per heavy atom. The second kappa shape index (κ2) is 10.8. The zero-order valence-corrected chi connectivity index (χ0v) is 17.8. The first-order chi connectivity index (χ1) is 13.7. The lowest BCUT2D eigenvalue weighted by Crippen LogP contribution is -2.13. The first-order valence-electron chi connectivity index (χ1n) is 10.9. The molecule has 0 aliphatic heterocycles. The van der Waals surface area contributed by atoms with Crippen LogP contribution in [-0.4, -0.2) is 12.2 Å². The molecule has 1 aliphatic carbocycles. The molecule has 150 valence electrons. The van der Waals surface area contributed by atoms with Crippen molar-refractivity contribution in [3.8, 4) is 0 Å². The highest BCUT2D eigenvalue weighted by molar-refractivity contribution is 6.17. The van der Waals surface area contributed by atoms with Gasteiger partial charge in [0.25, 0.3) is 0 Å². The van der Waals surface area contributed by atoms with E-state index in [-0.39, 0.29) is 5.92 Å². The highest BCUT2D eigenvalue weighted by Gasteiger charge is 2.22. The van der Waals surface area contributed by atoms with E-state index in [2.05, 4.69) is 55.5 Å². The van der Waals surface area contributed by atoms with Gasteiger partial charge in [0.05, 0.1) is 5.92 Å². The van der Waals surface area contributed by atoms with E-state index in [1.807, 2.05) is 0 Å². The fraction of sp³-hybridized carbons (Fsp3) is 0.500. The van der Waals surface area contributed by atoms with E-state index in [0.29, 0.717) is 5.92 Å². The number of alkyl halides is 1. The van der Waals surface area contributed by atoms with Crippen molar-refractivity contribution in [1.29, 1.82) is 0 Å². The van der Waals surface area contributed by atoms with Crippen molar-refractivity contribution in [3.63, 3.8) is 0 Å². The zero-order chi connectivity index (χ0) is 19.8. The number of carbonyl (C=O) groups is 1. The number of halogens is 1. The number of benzene rings is 2. The average molecular weight is 397 g/mol. The summed E-state index contributed by atoms with van der Waals surface area (Å²) >= 11 is 5.84. The van der Waals surface area contributed by atoms with Crippen LogP contribution in [0.4, 0.5) is 0 Å². The summed E-state index contributed by atoms with van der Waals surface area (Å²) in [5.41, 5.74) is 4.95. The molecule has 0 bridgehead atoms. The molecule has 3 rings (SSSR count). The van der Waals surface area contributed by atoms with Gasteiger partial charge in [0.15, 0.2) is 0 Å². The van der Waals surface area contributed by atoms with E-state index in [1.165, 1.54) is 43.2 Å². The third kappa shape index (κ3) is 5.47. The standard InChI is InChI=1S/C26H33ClO/c1-2-4-20-8-12-24(13-9-20)26(19-28)25-16-14-23(15-17-25)22-10-6-21(7-11-22)5-3-18-27/h8-9,12-17,19,21-22,26H,2-7,10-11,18H2,1H3. The minimum absolute atomic E-state index is 0.170. The summed E-state index contributed by atoms with van der Waals surface area (Å²) in [6, 6.07) is 17.4. The Bertz CT molecular complexity index is 711. The maximum absolute atomic E-state index is 11.8. The normalized spacial score (nSPS) is 20.6. The van der Waals surface area contributed by atoms with Crippen LogP contribution in [0.25, 0.3) is 0 Å². The Labute approximate surface area is 175 Å². The first kappa shape index (κ1) is 21.1. The molecule has 1 atom stereocenters. The monoisotopic (exact) mass is 396 g/mol. The fourth-order valence-corrected chi connectivity index (χ4v) is 4.81. The van der Waals surface area contributed by atoms with Crippen LogP contribution in [0.2, 0.25) is 0 Å². The molecule has 2 aromatic carbocycles. The summed E-state index contributed by atoms with van der Waals surface area (Å²) in [4.78, 5) is 11.8. The molecule has 2 heteroatoms. The van der Waals surface area contributed by atoms with Crippen LogP contribution in [0.15, 0.2) is 48.5 Å². The van der Waals surface area contributed by atoms with E-state index in [0.717, 1.165) is 48.5 Å². The molecular weight excluding hydrogens is 364 g/mol. The van der Waals surface area contributed by atoms with Gasteiger partial charge in [0.1, 0.15) is 6.29 Å². The van der Waals surface area contributed by atoms with Gasteiger partial charge in [-0.15, -0.1) is 11.6 Å². The van der Waals surface area contributed by atoms with E-state index >= 15 is 0 Å². The van der Waals surface area contributed by atoms with Gasteiger partial charge in [-0.1, -0.05) is 61.9 Å². The molecule has 0 radical (unpaired) electrons. The maximum atomic E-state index is 11.8. The zero-order valence-electron chi connectivity index (χ0n) is 17.1. The van der Waals surface area contributed by atoms with Crippen molar-refractivity contribution in [2.75, 3.05) is 5.88 Å². The van der Waals surface area contributed by atoms with Gasteiger partial charge in [-0.3, -0.25) is 0 Å². The fourth-order valence-electron chi connectivity index (χ4n) is 4.66. The molecule has 0 N–H and O–H groups in total. The highest BCUT2D eigenvalue weighted by Crippen LogP contribution is 2.38. The number of carbonyl (C=O) groups excluding carboxylic acids is 1. The van der Waals surface area contributed by atoms with Crippen LogP contribution in [-0.2, 0) is 11.2 Å². The number of hydrogen-bond donors (Lipinski definition) is 0. The second-order valence-electron chi connectivity index (χ2n) is 8.32. The summed E-state index contributed by atoms with van der Waals surface area (Å²) in [6.45, 7) is 2.19. The van der Waals surface area contributed by atoms with Gasteiger partial charge in [0.2, 0.25) is 0 Å². The molecule has 28 heavy (non-hydrogen) atoms. The molecule has 0 amide bonds. The number of rotatable bonds is 9. The topological polar surface area (TPSA) is 17.1 Å². The lowest BCUT2D eigenvalue weighted by Gasteiger charge is -2.29. The molecular formula is C26H33ClO. The van der Waals surface area contributed by atoms with Crippen LogP contribution in [0.1, 0.15) is 86.0 Å². The van der Waals surface area contributed by atoms with Gasteiger partial charge in [-0.2, -0.15) is 0 Å². The molecule has 2 aromatic rings. The average Bonchev–Trinajstić information content (AvgIpc) is 2.75. The van der Waals surface area contributed by atoms with Crippen molar-refractivity contribution < 1.29 is 4.79 Å². The largest absolute Gasteiger partial charge is 0.302 e. The van der Waals surface area contributed by atoms with Crippen molar-refractivity contribution in [2.45, 2.75) is 70.1 Å². The Morgan fingerprint density at radius 3 is 2.11 bits per heavy atom. The minimum Gasteiger partial charge on any atom is -0.302 e. The molecule has 0 spiro atoms. The van der Waals surface area contributed by atoms with Crippen LogP contribution < -0.4 is 0 Å². The van der Waals surface area contributed by atoms with Crippen molar-refractivity contribution in [1.82, 2.24) is 0 Å². The van der Waals surface area contributed by atoms with E-state index < -0.39 is 0 Å². The molecule has 1 unspecified atom stereocenters. The van der Waals surface area contributed by atoms with Crippen LogP contribution in [0.5, 0.6) is 0 Å². The lowest BCUT2D eigenvalue weighted by molar-refractivity contribution is -0.108. The summed E-state index contributed by atoms with van der Waals surface area (Å²) in [6.07, 6.45) is 11.0. The summed E-state index contributed by atoms with van der Waals surface area (Å²) in [5.74, 6) is 2.16. The van der Waals surface area contributed by atoms with Gasteiger partial charge in [0, 0.05) is 5.88 Å². The van der Waals surface area contributed by atoms with Crippen LogP contribution >= 0.6 is 11.6 Å². The Balaban J connectivity index is 1.63. The van der Waals surface area contributed by atoms with Gasteiger partial charge < -0.3 is 4.79 Å². The SMILES string of the molecule is CCCc1ccc(C(C=O)c2ccc(C3CCC(CCCCl)CC3)cc2)cc1. The Kier molecular flexibility index (Phi) is 8.15. The Morgan fingerprint density at radius 2 is 1.57 bits per heavy atom. The van der Waals surface area contributed by atoms with Gasteiger partial charge >= 0.3 is 0 Å². The van der Waals surface area contributed by atoms with Crippen molar-refractivity contribution >= 4 is 17.9 Å². The molecule has 1 nitrogen and oxygen atoms in total. The van der Waals surface area contributed by atoms with E-state index in [1.54, 1.807) is 0 Å². The third-order valence-corrected chi connectivity index (χ3v) is 6.64. The number of aldehydes is 1. The van der Waals surface area contributed by atoms with Gasteiger partial charge in [-0.25, -0.2) is 0 Å². The Hall–Kier alpha value is -1.60. The molecule has 1 saturated carbocycles. The van der Waals surface area contributed by atoms with E-state index in [9.17, 15) is 4.79 Å². The van der Waals surface area contributed by atoms with Crippen molar-refractivity contribution in [3.05, 3.63) is 70.8 Å². The smallest absolute Gasteiger partial charge is 0.131 e. The molecule has 0 aromatic heterocycles. The summed E-state index contributed by atoms with van der Waals surface area (Å²) in [5, 5.41) is 0. The summed E-state index contributed by atoms with van der Waals surface area (Å²) < 4.78 is 0. The molecule has 1 fully saturated rings. The molecule has 0 saturated heterocycles. The minimum atomic E-state index is -0.170. The number of aryl methyl sites for hydroxylation is 1. The predicted molar refractivity (Wildman–Crippen MR) is 119 cm³/mol. The predicted octanol–water partition coefficient (Wildman–Crippen LogP) is 7.26.